The van der Waals surface area contributed by atoms with Crippen molar-refractivity contribution in [2.45, 2.75) is 18.2 Å². The third-order valence-electron chi connectivity index (χ3n) is 2.49. The minimum Gasteiger partial charge on any atom is -0.494 e. The minimum atomic E-state index is -3.74. The van der Waals surface area contributed by atoms with Gasteiger partial charge in [-0.1, -0.05) is 6.92 Å². The second-order valence-electron chi connectivity index (χ2n) is 4.10. The Balaban J connectivity index is 2.11. The molecule has 1 aromatic heterocycles. The molecule has 0 bridgehead atoms. The van der Waals surface area contributed by atoms with Gasteiger partial charge in [-0.3, -0.25) is 0 Å². The zero-order valence-electron chi connectivity index (χ0n) is 11.7. The van der Waals surface area contributed by atoms with Gasteiger partial charge in [0.2, 0.25) is 5.95 Å². The lowest BCUT2D eigenvalue weighted by Gasteiger charge is -2.07. The molecule has 0 amide bonds. The predicted octanol–water partition coefficient (Wildman–Crippen LogP) is 1.40. The lowest BCUT2D eigenvalue weighted by Crippen LogP contribution is -2.14. The number of aromatic amines is 1. The number of anilines is 1. The molecule has 0 atom stereocenters. The van der Waals surface area contributed by atoms with Gasteiger partial charge in [0.25, 0.3) is 10.0 Å². The summed E-state index contributed by atoms with van der Waals surface area (Å²) in [6, 6.07) is 6.18. The second-order valence-corrected chi connectivity index (χ2v) is 5.78. The molecule has 2 aromatic rings. The normalized spacial score (nSPS) is 11.1. The van der Waals surface area contributed by atoms with Gasteiger partial charge in [0.05, 0.1) is 18.6 Å². The summed E-state index contributed by atoms with van der Waals surface area (Å²) in [4.78, 5) is 3.89. The molecular formula is C12H16N4O4S. The Bertz CT molecular complexity index is 682. The van der Waals surface area contributed by atoms with Crippen LogP contribution in [0.1, 0.15) is 13.3 Å². The SMILES string of the molecule is CCCOc1ccc(S(=O)(=O)Nc2nc(OC)n[nH]2)cc1. The molecule has 0 aliphatic rings. The van der Waals surface area contributed by atoms with Gasteiger partial charge in [0.1, 0.15) is 5.75 Å². The summed E-state index contributed by atoms with van der Waals surface area (Å²) in [5, 5.41) is 6.08. The van der Waals surface area contributed by atoms with Crippen molar-refractivity contribution in [3.05, 3.63) is 24.3 Å². The molecule has 9 heteroatoms. The van der Waals surface area contributed by atoms with Crippen LogP contribution in [-0.4, -0.2) is 37.3 Å². The van der Waals surface area contributed by atoms with Crippen LogP contribution in [0, 0.1) is 0 Å². The maximum atomic E-state index is 12.1. The first-order valence-corrected chi connectivity index (χ1v) is 7.75. The van der Waals surface area contributed by atoms with Crippen molar-refractivity contribution in [1.29, 1.82) is 0 Å². The van der Waals surface area contributed by atoms with Gasteiger partial charge >= 0.3 is 6.01 Å². The molecule has 0 radical (unpaired) electrons. The van der Waals surface area contributed by atoms with Crippen LogP contribution in [0.3, 0.4) is 0 Å². The van der Waals surface area contributed by atoms with E-state index in [4.69, 9.17) is 9.47 Å². The van der Waals surface area contributed by atoms with E-state index >= 15 is 0 Å². The number of nitrogens with zero attached hydrogens (tertiary/aromatic N) is 2. The Morgan fingerprint density at radius 3 is 2.57 bits per heavy atom. The van der Waals surface area contributed by atoms with Crippen molar-refractivity contribution < 1.29 is 17.9 Å². The highest BCUT2D eigenvalue weighted by atomic mass is 32.2. The Morgan fingerprint density at radius 1 is 1.29 bits per heavy atom. The van der Waals surface area contributed by atoms with Crippen LogP contribution in [0.25, 0.3) is 0 Å². The largest absolute Gasteiger partial charge is 0.494 e. The van der Waals surface area contributed by atoms with Crippen molar-refractivity contribution in [2.75, 3.05) is 18.4 Å². The van der Waals surface area contributed by atoms with E-state index in [1.807, 2.05) is 6.92 Å². The fourth-order valence-corrected chi connectivity index (χ4v) is 2.46. The quantitative estimate of drug-likeness (QED) is 0.800. The molecular weight excluding hydrogens is 296 g/mol. The average Bonchev–Trinajstić information content (AvgIpc) is 2.92. The van der Waals surface area contributed by atoms with Crippen LogP contribution in [0.2, 0.25) is 0 Å². The standard InChI is InChI=1S/C12H16N4O4S/c1-3-8-20-9-4-6-10(7-5-9)21(17,18)16-11-13-12(19-2)15-14-11/h4-7H,3,8H2,1-2H3,(H2,13,14,15,16). The molecule has 21 heavy (non-hydrogen) atoms. The van der Waals surface area contributed by atoms with E-state index in [1.54, 1.807) is 12.1 Å². The molecule has 0 aliphatic carbocycles. The summed E-state index contributed by atoms with van der Waals surface area (Å²) in [6.45, 7) is 2.58. The van der Waals surface area contributed by atoms with Gasteiger partial charge in [-0.2, -0.15) is 4.98 Å². The van der Waals surface area contributed by atoms with Gasteiger partial charge in [0, 0.05) is 0 Å². The highest BCUT2D eigenvalue weighted by Gasteiger charge is 2.16. The van der Waals surface area contributed by atoms with E-state index in [0.717, 1.165) is 6.42 Å². The number of benzene rings is 1. The van der Waals surface area contributed by atoms with E-state index in [2.05, 4.69) is 19.9 Å². The first kappa shape index (κ1) is 15.1. The van der Waals surface area contributed by atoms with Gasteiger partial charge in [0.15, 0.2) is 0 Å². The number of methoxy groups -OCH3 is 1. The molecule has 2 rings (SSSR count). The van der Waals surface area contributed by atoms with Crippen LogP contribution < -0.4 is 14.2 Å². The number of hydrogen-bond acceptors (Lipinski definition) is 6. The zero-order chi connectivity index (χ0) is 15.3. The van der Waals surface area contributed by atoms with E-state index < -0.39 is 10.0 Å². The Kier molecular flexibility index (Phi) is 4.63. The molecule has 1 heterocycles. The maximum Gasteiger partial charge on any atom is 0.336 e. The monoisotopic (exact) mass is 312 g/mol. The molecule has 1 aromatic carbocycles. The number of aromatic nitrogens is 3. The van der Waals surface area contributed by atoms with E-state index in [9.17, 15) is 8.42 Å². The summed E-state index contributed by atoms with van der Waals surface area (Å²) in [6.07, 6.45) is 0.884. The number of nitrogens with one attached hydrogen (secondary N) is 2. The number of hydrogen-bond donors (Lipinski definition) is 2. The van der Waals surface area contributed by atoms with Crippen molar-refractivity contribution in [1.82, 2.24) is 15.2 Å². The second kappa shape index (κ2) is 6.44. The fraction of sp³-hybridized carbons (Fsp3) is 0.333. The maximum absolute atomic E-state index is 12.1. The van der Waals surface area contributed by atoms with Crippen LogP contribution >= 0.6 is 0 Å². The Labute approximate surface area is 122 Å². The summed E-state index contributed by atoms with van der Waals surface area (Å²) in [7, 11) is -2.35. The lowest BCUT2D eigenvalue weighted by molar-refractivity contribution is 0.317. The third-order valence-corrected chi connectivity index (χ3v) is 3.84. The zero-order valence-corrected chi connectivity index (χ0v) is 12.5. The topological polar surface area (TPSA) is 106 Å². The van der Waals surface area contributed by atoms with Crippen LogP contribution in [0.15, 0.2) is 29.2 Å². The van der Waals surface area contributed by atoms with E-state index in [-0.39, 0.29) is 16.9 Å². The van der Waals surface area contributed by atoms with Crippen molar-refractivity contribution in [3.8, 4) is 11.8 Å². The molecule has 0 saturated heterocycles. The average molecular weight is 312 g/mol. The molecule has 0 aliphatic heterocycles. The summed E-state index contributed by atoms with van der Waals surface area (Å²) >= 11 is 0. The summed E-state index contributed by atoms with van der Waals surface area (Å²) in [5.74, 6) is 0.607. The molecule has 0 spiro atoms. The van der Waals surface area contributed by atoms with E-state index in [1.165, 1.54) is 19.2 Å². The van der Waals surface area contributed by atoms with Crippen LogP contribution in [-0.2, 0) is 10.0 Å². The van der Waals surface area contributed by atoms with Crippen molar-refractivity contribution in [3.63, 3.8) is 0 Å². The van der Waals surface area contributed by atoms with Crippen LogP contribution in [0.4, 0.5) is 5.95 Å². The van der Waals surface area contributed by atoms with Crippen molar-refractivity contribution in [2.24, 2.45) is 0 Å². The predicted molar refractivity (Wildman–Crippen MR) is 76.0 cm³/mol. The first-order valence-electron chi connectivity index (χ1n) is 6.27. The summed E-state index contributed by atoms with van der Waals surface area (Å²) < 4.78 is 36.7. The lowest BCUT2D eigenvalue weighted by atomic mass is 10.3. The highest BCUT2D eigenvalue weighted by molar-refractivity contribution is 7.92. The van der Waals surface area contributed by atoms with Gasteiger partial charge in [-0.05, 0) is 30.7 Å². The fourth-order valence-electron chi connectivity index (χ4n) is 1.50. The number of sulfonamides is 1. The van der Waals surface area contributed by atoms with E-state index in [0.29, 0.717) is 12.4 Å². The molecule has 114 valence electrons. The molecule has 2 N–H and O–H groups in total. The van der Waals surface area contributed by atoms with Gasteiger partial charge < -0.3 is 9.47 Å². The minimum absolute atomic E-state index is 0.0156. The number of H-pyrrole nitrogens is 1. The number of rotatable bonds is 7. The van der Waals surface area contributed by atoms with Gasteiger partial charge in [-0.15, -0.1) is 5.10 Å². The summed E-state index contributed by atoms with van der Waals surface area (Å²) in [5.41, 5.74) is 0. The van der Waals surface area contributed by atoms with Gasteiger partial charge in [-0.25, -0.2) is 18.2 Å². The number of ether oxygens (including phenoxy) is 2. The smallest absolute Gasteiger partial charge is 0.336 e. The van der Waals surface area contributed by atoms with Crippen molar-refractivity contribution >= 4 is 16.0 Å². The van der Waals surface area contributed by atoms with Crippen LogP contribution in [0.5, 0.6) is 11.8 Å². The molecule has 0 fully saturated rings. The first-order chi connectivity index (χ1) is 10.0. The highest BCUT2D eigenvalue weighted by Crippen LogP contribution is 2.18. The Morgan fingerprint density at radius 2 is 2.00 bits per heavy atom. The Hall–Kier alpha value is -2.29. The molecule has 0 saturated carbocycles. The molecule has 0 unspecified atom stereocenters. The molecule has 8 nitrogen and oxygen atoms in total. The third kappa shape index (κ3) is 3.85.